The van der Waals surface area contributed by atoms with Crippen molar-refractivity contribution >= 4 is 22.1 Å². The van der Waals surface area contributed by atoms with Crippen molar-refractivity contribution in [3.63, 3.8) is 0 Å². The van der Waals surface area contributed by atoms with Crippen LogP contribution in [-0.4, -0.2) is 20.6 Å². The molecule has 0 fully saturated rings. The van der Waals surface area contributed by atoms with Gasteiger partial charge < -0.3 is 0 Å². The molecule has 458 valence electrons. The number of aromatic nitrogens is 4. The molecule has 0 saturated heterocycles. The van der Waals surface area contributed by atoms with E-state index in [2.05, 4.69) is 74.4 Å². The molecule has 2 aromatic heterocycles. The first-order valence-corrected chi connectivity index (χ1v) is 36.3. The topological polar surface area (TPSA) is 77.8 Å². The number of hydrogen-bond donors (Lipinski definition) is 0. The van der Waals surface area contributed by atoms with E-state index in [1.807, 2.05) is 0 Å². The van der Waals surface area contributed by atoms with Gasteiger partial charge in [-0.2, -0.15) is 0 Å². The van der Waals surface area contributed by atoms with Crippen LogP contribution in [0.1, 0.15) is 384 Å². The molecule has 82 heavy (non-hydrogen) atoms. The lowest BCUT2D eigenvalue weighted by atomic mass is 9.68. The van der Waals surface area contributed by atoms with Crippen molar-refractivity contribution < 1.29 is 9.26 Å². The minimum absolute atomic E-state index is 0.101. The normalized spacial score (nSPS) is 13.9. The molecule has 3 aromatic carbocycles. The fourth-order valence-electron chi connectivity index (χ4n) is 15.5. The zero-order valence-corrected chi connectivity index (χ0v) is 53.8. The van der Waals surface area contributed by atoms with Gasteiger partial charge in [0.15, 0.2) is 0 Å². The Morgan fingerprint density at radius 1 is 0.256 bits per heavy atom. The molecule has 0 bridgehead atoms. The smallest absolute Gasteiger partial charge is 0.143 e. The van der Waals surface area contributed by atoms with E-state index < -0.39 is 0 Å². The van der Waals surface area contributed by atoms with Crippen molar-refractivity contribution in [2.24, 2.45) is 0 Å². The van der Waals surface area contributed by atoms with Crippen LogP contribution in [0.15, 0.2) is 45.7 Å². The van der Waals surface area contributed by atoms with E-state index in [1.165, 1.54) is 378 Å². The maximum atomic E-state index is 5.68. The van der Waals surface area contributed by atoms with E-state index in [4.69, 9.17) is 19.6 Å². The molecule has 5 aromatic rings. The standard InChI is InChI=1S/C76H122N4O2/c1-5-9-13-17-21-25-29-33-37-41-45-49-57-75(58-50-46-42-38-34-30-26-22-18-14-10-6-2)65-53-55-69-73(79-81-77-69)71(65)63-62-68-64(61-67(63)75)72-66(54-56-70-74(72)80-82-78-70)76(68,59-51-47-43-39-35-31-27-23-19-15-11-7-3)60-52-48-44-40-36-32-28-24-20-16-12-8-4/h53-56,61-62H,5-52,57-60H2,1-4H3. The van der Waals surface area contributed by atoms with Crippen LogP contribution in [-0.2, 0) is 10.8 Å². The Balaban J connectivity index is 1.16. The van der Waals surface area contributed by atoms with E-state index >= 15 is 0 Å². The zero-order valence-electron chi connectivity index (χ0n) is 53.8. The van der Waals surface area contributed by atoms with Gasteiger partial charge in [-0.25, -0.2) is 9.26 Å². The molecule has 2 aliphatic rings. The Labute approximate surface area is 502 Å². The van der Waals surface area contributed by atoms with E-state index in [9.17, 15) is 0 Å². The van der Waals surface area contributed by atoms with E-state index in [1.54, 1.807) is 0 Å². The first kappa shape index (κ1) is 66.0. The van der Waals surface area contributed by atoms with Crippen LogP contribution in [0.2, 0.25) is 0 Å². The van der Waals surface area contributed by atoms with Crippen LogP contribution in [0.3, 0.4) is 0 Å². The monoisotopic (exact) mass is 1120 g/mol. The Bertz CT molecular complexity index is 2240. The molecule has 0 atom stereocenters. The number of fused-ring (bicyclic) bond motifs is 10. The maximum absolute atomic E-state index is 5.68. The summed E-state index contributed by atoms with van der Waals surface area (Å²) in [5.41, 5.74) is 14.9. The Kier molecular flexibility index (Phi) is 31.0. The van der Waals surface area contributed by atoms with Crippen molar-refractivity contribution in [1.82, 2.24) is 20.6 Å². The highest BCUT2D eigenvalue weighted by Gasteiger charge is 2.49. The van der Waals surface area contributed by atoms with Gasteiger partial charge >= 0.3 is 0 Å². The van der Waals surface area contributed by atoms with Gasteiger partial charge in [0.2, 0.25) is 0 Å². The van der Waals surface area contributed by atoms with Gasteiger partial charge in [0, 0.05) is 22.0 Å². The number of nitrogens with zero attached hydrogens (tertiary/aromatic N) is 4. The molecular weight excluding hydrogens is 1000 g/mol. The lowest BCUT2D eigenvalue weighted by Crippen LogP contribution is -2.27. The molecule has 0 radical (unpaired) electrons. The molecule has 0 spiro atoms. The summed E-state index contributed by atoms with van der Waals surface area (Å²) in [6.45, 7) is 9.29. The van der Waals surface area contributed by atoms with E-state index in [0.717, 1.165) is 22.1 Å². The molecule has 0 N–H and O–H groups in total. The van der Waals surface area contributed by atoms with Gasteiger partial charge in [0.1, 0.15) is 22.1 Å². The number of unbranched alkanes of at least 4 members (excludes halogenated alkanes) is 44. The summed E-state index contributed by atoms with van der Waals surface area (Å²) in [6, 6.07) is 14.8. The molecular formula is C76H122N4O2. The molecule has 0 amide bonds. The molecule has 0 unspecified atom stereocenters. The summed E-state index contributed by atoms with van der Waals surface area (Å²) >= 11 is 0. The summed E-state index contributed by atoms with van der Waals surface area (Å²) in [5, 5.41) is 18.7. The second kappa shape index (κ2) is 38.5. The molecule has 0 saturated carbocycles. The highest BCUT2D eigenvalue weighted by molar-refractivity contribution is 6.03. The summed E-state index contributed by atoms with van der Waals surface area (Å²) in [4.78, 5) is 0. The van der Waals surface area contributed by atoms with E-state index in [0.29, 0.717) is 0 Å². The van der Waals surface area contributed by atoms with Gasteiger partial charge in [-0.05, 0) is 104 Å². The minimum atomic E-state index is -0.101. The van der Waals surface area contributed by atoms with Crippen LogP contribution in [0.5, 0.6) is 0 Å². The highest BCUT2D eigenvalue weighted by atomic mass is 16.6. The molecule has 6 heteroatoms. The van der Waals surface area contributed by atoms with Crippen molar-refractivity contribution in [2.75, 3.05) is 0 Å². The maximum Gasteiger partial charge on any atom is 0.143 e. The van der Waals surface area contributed by atoms with Crippen molar-refractivity contribution in [3.8, 4) is 22.3 Å². The van der Waals surface area contributed by atoms with Gasteiger partial charge in [-0.1, -0.05) is 348 Å². The molecule has 2 heterocycles. The third kappa shape index (κ3) is 19.2. The third-order valence-corrected chi connectivity index (χ3v) is 20.4. The predicted octanol–water partition coefficient (Wildman–Crippen LogP) is 25.7. The molecule has 6 nitrogen and oxygen atoms in total. The Hall–Kier alpha value is -3.54. The lowest BCUT2D eigenvalue weighted by Gasteiger charge is -2.35. The summed E-state index contributed by atoms with van der Waals surface area (Å²) in [7, 11) is 0. The zero-order chi connectivity index (χ0) is 57.2. The average molecular weight is 1120 g/mol. The van der Waals surface area contributed by atoms with Gasteiger partial charge in [-0.15, -0.1) is 0 Å². The number of benzene rings is 3. The number of hydrogen-bond acceptors (Lipinski definition) is 6. The minimum Gasteiger partial charge on any atom is -0.243 e. The van der Waals surface area contributed by atoms with Crippen molar-refractivity contribution in [1.29, 1.82) is 0 Å². The summed E-state index contributed by atoms with van der Waals surface area (Å²) in [5.74, 6) is 0. The Morgan fingerprint density at radius 2 is 0.476 bits per heavy atom. The number of rotatable bonds is 52. The van der Waals surface area contributed by atoms with Crippen molar-refractivity contribution in [3.05, 3.63) is 58.7 Å². The average Bonchev–Trinajstić information content (AvgIpc) is 1.81. The van der Waals surface area contributed by atoms with E-state index in [-0.39, 0.29) is 10.8 Å². The second-order valence-electron chi connectivity index (χ2n) is 26.9. The van der Waals surface area contributed by atoms with Crippen LogP contribution < -0.4 is 0 Å². The Morgan fingerprint density at radius 3 is 0.707 bits per heavy atom. The SMILES string of the molecule is CCCCCCCCCCCCCCC1(CCCCCCCCCCCCCC)c2cc3c(cc2-c2c1ccc1nonc21)C(CCCCCCCCCCCCCC)(CCCCCCCCCCCCCC)c1ccc2nonc2c1-3. The molecule has 7 rings (SSSR count). The lowest BCUT2D eigenvalue weighted by molar-refractivity contribution is 0.315. The third-order valence-electron chi connectivity index (χ3n) is 20.4. The molecule has 2 aliphatic carbocycles. The van der Waals surface area contributed by atoms with Crippen LogP contribution in [0, 0.1) is 0 Å². The second-order valence-corrected chi connectivity index (χ2v) is 26.9. The van der Waals surface area contributed by atoms with Crippen LogP contribution >= 0.6 is 0 Å². The molecule has 0 aliphatic heterocycles. The first-order valence-electron chi connectivity index (χ1n) is 36.3. The van der Waals surface area contributed by atoms with Crippen molar-refractivity contribution in [2.45, 2.75) is 372 Å². The first-order chi connectivity index (χ1) is 40.6. The largest absolute Gasteiger partial charge is 0.243 e. The fourth-order valence-corrected chi connectivity index (χ4v) is 15.5. The van der Waals surface area contributed by atoms with Gasteiger partial charge in [-0.3, -0.25) is 0 Å². The summed E-state index contributed by atoms with van der Waals surface area (Å²) in [6.07, 6.45) is 70.4. The van der Waals surface area contributed by atoms with Gasteiger partial charge in [0.05, 0.1) is 0 Å². The van der Waals surface area contributed by atoms with Crippen LogP contribution in [0.4, 0.5) is 0 Å². The summed E-state index contributed by atoms with van der Waals surface area (Å²) < 4.78 is 11.4. The fraction of sp³-hybridized carbons (Fsp3) is 0.763. The van der Waals surface area contributed by atoms with Crippen LogP contribution in [0.25, 0.3) is 44.3 Å². The highest BCUT2D eigenvalue weighted by Crippen LogP contribution is 2.62. The predicted molar refractivity (Wildman–Crippen MR) is 352 cm³/mol. The van der Waals surface area contributed by atoms with Gasteiger partial charge in [0.25, 0.3) is 0 Å². The quantitative estimate of drug-likeness (QED) is 0.0361.